The summed E-state index contributed by atoms with van der Waals surface area (Å²) >= 11 is 0. The lowest BCUT2D eigenvalue weighted by Crippen LogP contribution is -2.26. The summed E-state index contributed by atoms with van der Waals surface area (Å²) in [4.78, 5) is 0. The van der Waals surface area contributed by atoms with Gasteiger partial charge in [0, 0.05) is 0 Å². The van der Waals surface area contributed by atoms with Gasteiger partial charge in [0.05, 0.1) is 6.61 Å². The summed E-state index contributed by atoms with van der Waals surface area (Å²) in [5, 5.41) is 11.0. The summed E-state index contributed by atoms with van der Waals surface area (Å²) in [7, 11) is 0. The zero-order valence-electron chi connectivity index (χ0n) is 12.2. The first kappa shape index (κ1) is 14.6. The Balaban J connectivity index is 2.28. The number of hydrogen-bond acceptors (Lipinski definition) is 2. The van der Waals surface area contributed by atoms with E-state index in [9.17, 15) is 5.11 Å². The molecule has 2 aromatic rings. The van der Waals surface area contributed by atoms with Gasteiger partial charge in [-0.15, -0.1) is 0 Å². The van der Waals surface area contributed by atoms with Gasteiger partial charge in [0.1, 0.15) is 11.4 Å². The Kier molecular flexibility index (Phi) is 4.80. The van der Waals surface area contributed by atoms with E-state index in [-0.39, 0.29) is 0 Å². The minimum Gasteiger partial charge on any atom is -0.494 e. The molecule has 20 heavy (non-hydrogen) atoms. The smallest absolute Gasteiger partial charge is 0.119 e. The molecule has 0 saturated heterocycles. The predicted octanol–water partition coefficient (Wildman–Crippen LogP) is 4.12. The topological polar surface area (TPSA) is 29.5 Å². The van der Waals surface area contributed by atoms with Crippen molar-refractivity contribution in [2.45, 2.75) is 32.3 Å². The monoisotopic (exact) mass is 270 g/mol. The number of ether oxygens (including phenoxy) is 1. The quantitative estimate of drug-likeness (QED) is 0.855. The zero-order valence-corrected chi connectivity index (χ0v) is 12.2. The highest BCUT2D eigenvalue weighted by Crippen LogP contribution is 2.33. The van der Waals surface area contributed by atoms with Crippen molar-refractivity contribution < 1.29 is 9.84 Å². The van der Waals surface area contributed by atoms with Crippen molar-refractivity contribution in [1.82, 2.24) is 0 Å². The fourth-order valence-corrected chi connectivity index (χ4v) is 2.34. The van der Waals surface area contributed by atoms with Gasteiger partial charge in [0.25, 0.3) is 0 Å². The molecular formula is C18H22O2. The van der Waals surface area contributed by atoms with Gasteiger partial charge in [-0.3, -0.25) is 0 Å². The van der Waals surface area contributed by atoms with Gasteiger partial charge in [-0.2, -0.15) is 0 Å². The Labute approximate surface area is 121 Å². The molecule has 1 atom stereocenters. The first-order valence-corrected chi connectivity index (χ1v) is 7.22. The van der Waals surface area contributed by atoms with Crippen molar-refractivity contribution in [3.05, 3.63) is 65.7 Å². The second-order valence-corrected chi connectivity index (χ2v) is 4.95. The first-order valence-electron chi connectivity index (χ1n) is 7.22. The van der Waals surface area contributed by atoms with Crippen LogP contribution >= 0.6 is 0 Å². The third-order valence-corrected chi connectivity index (χ3v) is 3.57. The van der Waals surface area contributed by atoms with E-state index in [1.807, 2.05) is 61.5 Å². The fraction of sp³-hybridized carbons (Fsp3) is 0.333. The van der Waals surface area contributed by atoms with Crippen LogP contribution in [0.4, 0.5) is 0 Å². The lowest BCUT2D eigenvalue weighted by Gasteiger charge is -2.28. The van der Waals surface area contributed by atoms with Crippen LogP contribution in [-0.4, -0.2) is 11.7 Å². The molecular weight excluding hydrogens is 248 g/mol. The fourth-order valence-electron chi connectivity index (χ4n) is 2.34. The SMILES string of the molecule is CCCOc1ccc(C(O)(CC)c2ccccc2)cc1. The molecule has 0 heterocycles. The number of aliphatic hydroxyl groups is 1. The van der Waals surface area contributed by atoms with Crippen molar-refractivity contribution in [3.63, 3.8) is 0 Å². The summed E-state index contributed by atoms with van der Waals surface area (Å²) in [5.74, 6) is 0.849. The van der Waals surface area contributed by atoms with E-state index in [1.165, 1.54) is 0 Å². The van der Waals surface area contributed by atoms with E-state index in [0.717, 1.165) is 29.9 Å². The highest BCUT2D eigenvalue weighted by atomic mass is 16.5. The molecule has 2 heteroatoms. The van der Waals surface area contributed by atoms with Gasteiger partial charge in [0.2, 0.25) is 0 Å². The highest BCUT2D eigenvalue weighted by Gasteiger charge is 2.29. The largest absolute Gasteiger partial charge is 0.494 e. The van der Waals surface area contributed by atoms with Crippen LogP contribution in [0.3, 0.4) is 0 Å². The van der Waals surface area contributed by atoms with Gasteiger partial charge in [-0.05, 0) is 36.1 Å². The van der Waals surface area contributed by atoms with E-state index in [1.54, 1.807) is 0 Å². The molecule has 0 aliphatic rings. The molecule has 2 nitrogen and oxygen atoms in total. The molecule has 0 radical (unpaired) electrons. The lowest BCUT2D eigenvalue weighted by molar-refractivity contribution is 0.0765. The van der Waals surface area contributed by atoms with Crippen LogP contribution < -0.4 is 4.74 Å². The van der Waals surface area contributed by atoms with Crippen molar-refractivity contribution in [3.8, 4) is 5.75 Å². The molecule has 0 aliphatic heterocycles. The minimum atomic E-state index is -0.940. The minimum absolute atomic E-state index is 0.631. The Morgan fingerprint density at radius 1 is 0.900 bits per heavy atom. The second-order valence-electron chi connectivity index (χ2n) is 4.95. The Hall–Kier alpha value is -1.80. The summed E-state index contributed by atoms with van der Waals surface area (Å²) in [6, 6.07) is 17.5. The highest BCUT2D eigenvalue weighted by molar-refractivity contribution is 5.38. The summed E-state index contributed by atoms with van der Waals surface area (Å²) < 4.78 is 5.58. The van der Waals surface area contributed by atoms with Gasteiger partial charge >= 0.3 is 0 Å². The van der Waals surface area contributed by atoms with E-state index in [2.05, 4.69) is 6.92 Å². The molecule has 0 aromatic heterocycles. The number of rotatable bonds is 6. The molecule has 106 valence electrons. The molecule has 2 aromatic carbocycles. The van der Waals surface area contributed by atoms with Gasteiger partial charge in [0.15, 0.2) is 0 Å². The maximum Gasteiger partial charge on any atom is 0.119 e. The van der Waals surface area contributed by atoms with Crippen LogP contribution in [0.1, 0.15) is 37.8 Å². The Bertz CT molecular complexity index is 519. The van der Waals surface area contributed by atoms with Gasteiger partial charge in [-0.25, -0.2) is 0 Å². The van der Waals surface area contributed by atoms with Crippen LogP contribution in [0.15, 0.2) is 54.6 Å². The van der Waals surface area contributed by atoms with E-state index >= 15 is 0 Å². The molecule has 0 amide bonds. The molecule has 0 saturated carbocycles. The van der Waals surface area contributed by atoms with Crippen molar-refractivity contribution in [2.75, 3.05) is 6.61 Å². The van der Waals surface area contributed by atoms with Gasteiger partial charge < -0.3 is 9.84 Å². The van der Waals surface area contributed by atoms with E-state index < -0.39 is 5.60 Å². The standard InChI is InChI=1S/C18H22O2/c1-3-14-20-17-12-10-16(11-13-17)18(19,4-2)15-8-6-5-7-9-15/h5-13,19H,3-4,14H2,1-2H3. The van der Waals surface area contributed by atoms with Crippen LogP contribution in [-0.2, 0) is 5.60 Å². The maximum absolute atomic E-state index is 11.0. The average Bonchev–Trinajstić information content (AvgIpc) is 2.53. The molecule has 1 N–H and O–H groups in total. The number of benzene rings is 2. The third-order valence-electron chi connectivity index (χ3n) is 3.57. The zero-order chi connectivity index (χ0) is 14.4. The van der Waals surface area contributed by atoms with Crippen LogP contribution in [0, 0.1) is 0 Å². The van der Waals surface area contributed by atoms with Crippen LogP contribution in [0.2, 0.25) is 0 Å². The average molecular weight is 270 g/mol. The molecule has 0 bridgehead atoms. The van der Waals surface area contributed by atoms with E-state index in [4.69, 9.17) is 4.74 Å². The summed E-state index contributed by atoms with van der Waals surface area (Å²) in [6.45, 7) is 4.80. The van der Waals surface area contributed by atoms with Crippen molar-refractivity contribution in [2.24, 2.45) is 0 Å². The van der Waals surface area contributed by atoms with Crippen LogP contribution in [0.5, 0.6) is 5.75 Å². The number of hydrogen-bond donors (Lipinski definition) is 1. The molecule has 1 unspecified atom stereocenters. The molecule has 2 rings (SSSR count). The Morgan fingerprint density at radius 3 is 2.05 bits per heavy atom. The molecule has 0 aliphatic carbocycles. The second kappa shape index (κ2) is 6.58. The van der Waals surface area contributed by atoms with Crippen molar-refractivity contribution in [1.29, 1.82) is 0 Å². The molecule has 0 fully saturated rings. The van der Waals surface area contributed by atoms with Crippen molar-refractivity contribution >= 4 is 0 Å². The predicted molar refractivity (Wildman–Crippen MR) is 82.0 cm³/mol. The third kappa shape index (κ3) is 3.02. The normalized spacial score (nSPS) is 13.8. The van der Waals surface area contributed by atoms with Crippen LogP contribution in [0.25, 0.3) is 0 Å². The van der Waals surface area contributed by atoms with E-state index in [0.29, 0.717) is 6.42 Å². The van der Waals surface area contributed by atoms with Gasteiger partial charge in [-0.1, -0.05) is 56.3 Å². The summed E-state index contributed by atoms with van der Waals surface area (Å²) in [6.07, 6.45) is 1.62. The first-order chi connectivity index (χ1) is 9.70. The lowest BCUT2D eigenvalue weighted by atomic mass is 9.84. The maximum atomic E-state index is 11.0. The summed E-state index contributed by atoms with van der Waals surface area (Å²) in [5.41, 5.74) is 0.879. The Morgan fingerprint density at radius 2 is 1.50 bits per heavy atom. The molecule has 0 spiro atoms.